The maximum absolute atomic E-state index is 12.1. The molecule has 0 aromatic carbocycles. The molecule has 0 aromatic rings. The molecule has 0 aliphatic carbocycles. The lowest BCUT2D eigenvalue weighted by Crippen LogP contribution is -2.49. The molecule has 0 radical (unpaired) electrons. The van der Waals surface area contributed by atoms with Gasteiger partial charge in [-0.3, -0.25) is 14.7 Å². The van der Waals surface area contributed by atoms with Crippen LogP contribution in [0.15, 0.2) is 4.99 Å². The summed E-state index contributed by atoms with van der Waals surface area (Å²) in [5.41, 5.74) is 5.15. The van der Waals surface area contributed by atoms with Gasteiger partial charge in [-0.25, -0.2) is 0 Å². The molecule has 0 bridgehead atoms. The molecule has 1 amide bonds. The first-order chi connectivity index (χ1) is 10.3. The third kappa shape index (κ3) is 8.06. The maximum atomic E-state index is 12.1. The minimum absolute atomic E-state index is 0.132. The predicted octanol–water partition coefficient (Wildman–Crippen LogP) is 0.444. The average Bonchev–Trinajstić information content (AvgIpc) is 2.39. The third-order valence-corrected chi connectivity index (χ3v) is 3.32. The number of nitrogens with zero attached hydrogens (tertiary/aromatic N) is 2. The number of hydrogen-bond donors (Lipinski definition) is 3. The monoisotopic (exact) mass is 323 g/mol. The van der Waals surface area contributed by atoms with Gasteiger partial charge < -0.3 is 16.4 Å². The summed E-state index contributed by atoms with van der Waals surface area (Å²) in [5, 5.41) is 6.09. The van der Waals surface area contributed by atoms with Crippen LogP contribution in [-0.2, 0) is 4.79 Å². The van der Waals surface area contributed by atoms with E-state index in [1.165, 1.54) is 0 Å². The number of nitrogens with one attached hydrogen (secondary N) is 2. The molecular formula is C13H24F3N5O. The lowest BCUT2D eigenvalue weighted by atomic mass is 10.1. The summed E-state index contributed by atoms with van der Waals surface area (Å²) >= 11 is 0. The van der Waals surface area contributed by atoms with Crippen LogP contribution in [0.5, 0.6) is 0 Å². The summed E-state index contributed by atoms with van der Waals surface area (Å²) in [6, 6.07) is 0.132. The van der Waals surface area contributed by atoms with E-state index in [0.29, 0.717) is 12.5 Å². The van der Waals surface area contributed by atoms with Crippen LogP contribution in [0.2, 0.25) is 0 Å². The summed E-state index contributed by atoms with van der Waals surface area (Å²) in [5.74, 6) is 0.0496. The molecule has 0 saturated carbocycles. The van der Waals surface area contributed by atoms with E-state index in [2.05, 4.69) is 15.6 Å². The van der Waals surface area contributed by atoms with Gasteiger partial charge in [-0.1, -0.05) is 0 Å². The van der Waals surface area contributed by atoms with Gasteiger partial charge in [0.2, 0.25) is 5.91 Å². The summed E-state index contributed by atoms with van der Waals surface area (Å²) in [7, 11) is 0. The Labute approximate surface area is 128 Å². The lowest BCUT2D eigenvalue weighted by Gasteiger charge is -2.32. The Balaban J connectivity index is 2.41. The van der Waals surface area contributed by atoms with Crippen LogP contribution in [0, 0.1) is 0 Å². The van der Waals surface area contributed by atoms with Crippen LogP contribution in [-0.4, -0.2) is 61.7 Å². The fraction of sp³-hybridized carbons (Fsp3) is 0.846. The van der Waals surface area contributed by atoms with Gasteiger partial charge in [0.15, 0.2) is 5.96 Å². The summed E-state index contributed by atoms with van der Waals surface area (Å²) < 4.78 is 36.4. The number of likely N-dealkylation sites (tertiary alicyclic amines) is 1. The number of hydrogen-bond acceptors (Lipinski definition) is 3. The van der Waals surface area contributed by atoms with Crippen molar-refractivity contribution < 1.29 is 18.0 Å². The first-order valence-corrected chi connectivity index (χ1v) is 7.42. The Morgan fingerprint density at radius 3 is 2.50 bits per heavy atom. The number of amides is 1. The number of guanidine groups is 1. The first kappa shape index (κ1) is 18.5. The van der Waals surface area contributed by atoms with Crippen molar-refractivity contribution in [1.82, 2.24) is 15.5 Å². The van der Waals surface area contributed by atoms with Crippen molar-refractivity contribution in [2.75, 3.05) is 32.7 Å². The van der Waals surface area contributed by atoms with E-state index in [0.717, 1.165) is 25.9 Å². The molecule has 1 heterocycles. The zero-order valence-electron chi connectivity index (χ0n) is 12.7. The van der Waals surface area contributed by atoms with Crippen LogP contribution in [0.25, 0.3) is 0 Å². The number of nitrogens with two attached hydrogens (primary N) is 1. The largest absolute Gasteiger partial charge is 0.390 e. The number of alkyl halides is 3. The minimum Gasteiger partial charge on any atom is -0.369 e. The molecule has 1 aliphatic heterocycles. The maximum Gasteiger partial charge on any atom is 0.390 e. The smallest absolute Gasteiger partial charge is 0.369 e. The molecule has 9 heteroatoms. The van der Waals surface area contributed by atoms with Crippen LogP contribution in [0.3, 0.4) is 0 Å². The highest BCUT2D eigenvalue weighted by Gasteiger charge is 2.26. The highest BCUT2D eigenvalue weighted by atomic mass is 19.4. The van der Waals surface area contributed by atoms with E-state index in [1.54, 1.807) is 0 Å². The van der Waals surface area contributed by atoms with Gasteiger partial charge in [0.25, 0.3) is 0 Å². The number of carbonyl (C=O) groups is 1. The molecule has 0 aromatic heterocycles. The van der Waals surface area contributed by atoms with Crippen molar-refractivity contribution in [3.63, 3.8) is 0 Å². The standard InChI is InChI=1S/C13H24F3N5O/c1-2-18-12(19-6-5-13(14,15)16)20-10-3-7-21(8-4-10)9-11(17)22/h10H,2-9H2,1H3,(H2,17,22)(H2,18,19,20). The second-order valence-electron chi connectivity index (χ2n) is 5.29. The Morgan fingerprint density at radius 2 is 2.00 bits per heavy atom. The third-order valence-electron chi connectivity index (χ3n) is 3.32. The van der Waals surface area contributed by atoms with Crippen molar-refractivity contribution in [3.05, 3.63) is 0 Å². The average molecular weight is 323 g/mol. The van der Waals surface area contributed by atoms with Gasteiger partial charge in [-0.05, 0) is 19.8 Å². The highest BCUT2D eigenvalue weighted by Crippen LogP contribution is 2.19. The van der Waals surface area contributed by atoms with E-state index in [-0.39, 0.29) is 25.0 Å². The van der Waals surface area contributed by atoms with Gasteiger partial charge >= 0.3 is 6.18 Å². The minimum atomic E-state index is -4.19. The predicted molar refractivity (Wildman–Crippen MR) is 78.4 cm³/mol. The second-order valence-corrected chi connectivity index (χ2v) is 5.29. The van der Waals surface area contributed by atoms with E-state index >= 15 is 0 Å². The lowest BCUT2D eigenvalue weighted by molar-refractivity contribution is -0.132. The van der Waals surface area contributed by atoms with Gasteiger partial charge in [0, 0.05) is 25.7 Å². The number of primary amides is 1. The van der Waals surface area contributed by atoms with Crippen molar-refractivity contribution in [2.45, 2.75) is 38.4 Å². The number of carbonyl (C=O) groups excluding carboxylic acids is 1. The fourth-order valence-electron chi connectivity index (χ4n) is 2.26. The Hall–Kier alpha value is -1.51. The van der Waals surface area contributed by atoms with E-state index in [9.17, 15) is 18.0 Å². The van der Waals surface area contributed by atoms with E-state index < -0.39 is 12.6 Å². The van der Waals surface area contributed by atoms with Gasteiger partial charge in [-0.15, -0.1) is 0 Å². The summed E-state index contributed by atoms with van der Waals surface area (Å²) in [6.45, 7) is 3.84. The summed E-state index contributed by atoms with van der Waals surface area (Å²) in [4.78, 5) is 16.8. The number of rotatable bonds is 6. The van der Waals surface area contributed by atoms with Gasteiger partial charge in [0.1, 0.15) is 0 Å². The van der Waals surface area contributed by atoms with Crippen LogP contribution < -0.4 is 16.4 Å². The van der Waals surface area contributed by atoms with Crippen LogP contribution >= 0.6 is 0 Å². The Morgan fingerprint density at radius 1 is 1.36 bits per heavy atom. The van der Waals surface area contributed by atoms with Crippen LogP contribution in [0.1, 0.15) is 26.2 Å². The van der Waals surface area contributed by atoms with Crippen molar-refractivity contribution in [3.8, 4) is 0 Å². The quantitative estimate of drug-likeness (QED) is 0.489. The van der Waals surface area contributed by atoms with E-state index in [4.69, 9.17) is 5.73 Å². The zero-order chi connectivity index (χ0) is 16.6. The van der Waals surface area contributed by atoms with Crippen molar-refractivity contribution >= 4 is 11.9 Å². The molecule has 6 nitrogen and oxygen atoms in total. The normalized spacial score (nSPS) is 18.3. The molecule has 22 heavy (non-hydrogen) atoms. The first-order valence-electron chi connectivity index (χ1n) is 7.42. The number of halogens is 3. The van der Waals surface area contributed by atoms with E-state index in [1.807, 2.05) is 11.8 Å². The summed E-state index contributed by atoms with van der Waals surface area (Å²) in [6.07, 6.45) is -3.55. The SMILES string of the molecule is CCNC(=NCCC(F)(F)F)NC1CCN(CC(N)=O)CC1. The topological polar surface area (TPSA) is 82.8 Å². The second kappa shape index (κ2) is 8.82. The molecule has 1 saturated heterocycles. The van der Waals surface area contributed by atoms with Gasteiger partial charge in [-0.2, -0.15) is 13.2 Å². The highest BCUT2D eigenvalue weighted by molar-refractivity contribution is 5.80. The number of aliphatic imine (C=N–C) groups is 1. The Kier molecular flexibility index (Phi) is 7.43. The molecule has 1 fully saturated rings. The molecular weight excluding hydrogens is 299 g/mol. The molecule has 1 rings (SSSR count). The van der Waals surface area contributed by atoms with Gasteiger partial charge in [0.05, 0.1) is 19.5 Å². The number of piperidine rings is 1. The molecule has 0 atom stereocenters. The molecule has 0 spiro atoms. The Bertz CT molecular complexity index is 378. The van der Waals surface area contributed by atoms with Crippen molar-refractivity contribution in [2.24, 2.45) is 10.7 Å². The fourth-order valence-corrected chi connectivity index (χ4v) is 2.26. The molecule has 0 unspecified atom stereocenters. The molecule has 1 aliphatic rings. The molecule has 128 valence electrons. The van der Waals surface area contributed by atoms with Crippen LogP contribution in [0.4, 0.5) is 13.2 Å². The molecule has 4 N–H and O–H groups in total. The van der Waals surface area contributed by atoms with Crippen molar-refractivity contribution in [1.29, 1.82) is 0 Å². The zero-order valence-corrected chi connectivity index (χ0v) is 12.7.